The Kier molecular flexibility index (Phi) is 10.8. The van der Waals surface area contributed by atoms with Crippen LogP contribution in [0.25, 0.3) is 0 Å². The minimum absolute atomic E-state index is 0.519. The average Bonchev–Trinajstić information content (AvgIpc) is 3.32. The zero-order valence-electron chi connectivity index (χ0n) is 23.7. The van der Waals surface area contributed by atoms with E-state index in [1.807, 2.05) is 0 Å². The smallest absolute Gasteiger partial charge is 0.0146 e. The van der Waals surface area contributed by atoms with Gasteiger partial charge in [0.05, 0.1) is 0 Å². The van der Waals surface area contributed by atoms with Crippen LogP contribution >= 0.6 is 0 Å². The van der Waals surface area contributed by atoms with E-state index in [1.165, 1.54) is 92.9 Å². The molecule has 0 aromatic carbocycles. The number of allylic oxidation sites excluding steroid dienone is 6. The van der Waals surface area contributed by atoms with Crippen LogP contribution in [-0.4, -0.2) is 0 Å². The molecule has 2 rings (SSSR count). The van der Waals surface area contributed by atoms with Crippen LogP contribution in [0.4, 0.5) is 0 Å². The van der Waals surface area contributed by atoms with E-state index < -0.39 is 0 Å². The van der Waals surface area contributed by atoms with Crippen LogP contribution in [0.3, 0.4) is 0 Å². The third-order valence-corrected chi connectivity index (χ3v) is 10.3. The molecule has 2 fully saturated rings. The average molecular weight is 453 g/mol. The van der Waals surface area contributed by atoms with Gasteiger partial charge in [0.1, 0.15) is 0 Å². The molecule has 2 aliphatic rings. The Morgan fingerprint density at radius 2 is 1.55 bits per heavy atom. The van der Waals surface area contributed by atoms with Crippen molar-refractivity contribution in [3.8, 4) is 0 Å². The topological polar surface area (TPSA) is 0 Å². The number of hydrogen-bond donors (Lipinski definition) is 0. The highest BCUT2D eigenvalue weighted by Crippen LogP contribution is 2.58. The monoisotopic (exact) mass is 452 g/mol. The van der Waals surface area contributed by atoms with Gasteiger partial charge in [-0.15, -0.1) is 0 Å². The summed E-state index contributed by atoms with van der Waals surface area (Å²) < 4.78 is 0. The lowest BCUT2D eigenvalue weighted by Gasteiger charge is -2.48. The maximum Gasteiger partial charge on any atom is -0.0146 e. The van der Waals surface area contributed by atoms with E-state index in [0.29, 0.717) is 23.2 Å². The van der Waals surface area contributed by atoms with Crippen molar-refractivity contribution < 1.29 is 0 Å². The first-order valence-corrected chi connectivity index (χ1v) is 14.4. The summed E-state index contributed by atoms with van der Waals surface area (Å²) in [5, 5.41) is 0. The van der Waals surface area contributed by atoms with Crippen molar-refractivity contribution in [2.75, 3.05) is 0 Å². The van der Waals surface area contributed by atoms with E-state index >= 15 is 0 Å². The Labute approximate surface area is 208 Å². The molecule has 5 atom stereocenters. The molecule has 5 unspecified atom stereocenters. The van der Waals surface area contributed by atoms with Crippen LogP contribution in [0, 0.1) is 35.0 Å². The second-order valence-electron chi connectivity index (χ2n) is 11.9. The first-order chi connectivity index (χ1) is 15.6. The van der Waals surface area contributed by atoms with Crippen molar-refractivity contribution in [1.29, 1.82) is 0 Å². The van der Waals surface area contributed by atoms with Crippen molar-refractivity contribution >= 4 is 0 Å². The summed E-state index contributed by atoms with van der Waals surface area (Å²) in [6.45, 7) is 27.8. The molecule has 0 spiro atoms. The largest absolute Gasteiger partial charge is 0.0953 e. The van der Waals surface area contributed by atoms with Gasteiger partial charge in [0, 0.05) is 0 Å². The first kappa shape index (κ1) is 28.2. The van der Waals surface area contributed by atoms with Gasteiger partial charge in [0.2, 0.25) is 0 Å². The van der Waals surface area contributed by atoms with Crippen LogP contribution in [0.15, 0.2) is 47.1 Å². The Morgan fingerprint density at radius 3 is 2.09 bits per heavy atom. The van der Waals surface area contributed by atoms with Gasteiger partial charge in [-0.3, -0.25) is 0 Å². The van der Waals surface area contributed by atoms with Gasteiger partial charge in [-0.05, 0) is 110 Å². The maximum atomic E-state index is 4.55. The van der Waals surface area contributed by atoms with Gasteiger partial charge in [-0.25, -0.2) is 0 Å². The van der Waals surface area contributed by atoms with Crippen LogP contribution in [0.5, 0.6) is 0 Å². The summed E-state index contributed by atoms with van der Waals surface area (Å²) in [6.07, 6.45) is 17.9. The van der Waals surface area contributed by atoms with Gasteiger partial charge in [0.25, 0.3) is 0 Å². The fourth-order valence-corrected chi connectivity index (χ4v) is 7.44. The van der Waals surface area contributed by atoms with E-state index in [0.717, 1.165) is 11.8 Å². The number of rotatable bonds is 11. The summed E-state index contributed by atoms with van der Waals surface area (Å²) in [7, 11) is 0. The van der Waals surface area contributed by atoms with Crippen LogP contribution < -0.4 is 0 Å². The molecule has 2 aliphatic carbocycles. The molecule has 0 N–H and O–H groups in total. The minimum atomic E-state index is 0.519. The number of hydrogen-bond acceptors (Lipinski definition) is 0. The molecule has 188 valence electrons. The molecule has 2 saturated carbocycles. The van der Waals surface area contributed by atoms with E-state index in [2.05, 4.69) is 74.6 Å². The molecular formula is C33H56. The van der Waals surface area contributed by atoms with Gasteiger partial charge < -0.3 is 0 Å². The van der Waals surface area contributed by atoms with Crippen molar-refractivity contribution in [2.24, 2.45) is 35.0 Å². The Bertz CT molecular complexity index is 723. The van der Waals surface area contributed by atoms with Crippen molar-refractivity contribution in [2.45, 2.75) is 126 Å². The molecule has 0 heteroatoms. The molecule has 0 aliphatic heterocycles. The Hall–Kier alpha value is -1.04. The molecule has 0 heterocycles. The highest BCUT2D eigenvalue weighted by Gasteiger charge is 2.47. The van der Waals surface area contributed by atoms with Gasteiger partial charge >= 0.3 is 0 Å². The van der Waals surface area contributed by atoms with Crippen LogP contribution in [0.1, 0.15) is 126 Å². The highest BCUT2D eigenvalue weighted by atomic mass is 14.5. The van der Waals surface area contributed by atoms with Gasteiger partial charge in [-0.2, -0.15) is 0 Å². The maximum absolute atomic E-state index is 4.55. The normalized spacial score (nSPS) is 27.0. The molecular weight excluding hydrogens is 396 g/mol. The summed E-state index contributed by atoms with van der Waals surface area (Å²) >= 11 is 0. The molecule has 0 nitrogen and oxygen atoms in total. The molecule has 0 radical (unpaired) electrons. The summed E-state index contributed by atoms with van der Waals surface area (Å²) in [4.78, 5) is 0. The molecule has 0 saturated heterocycles. The Balaban J connectivity index is 2.30. The molecule has 0 amide bonds. The van der Waals surface area contributed by atoms with Gasteiger partial charge in [0.15, 0.2) is 0 Å². The van der Waals surface area contributed by atoms with Crippen molar-refractivity contribution in [1.82, 2.24) is 0 Å². The quantitative estimate of drug-likeness (QED) is 0.273. The highest BCUT2D eigenvalue weighted by molar-refractivity contribution is 5.47. The second kappa shape index (κ2) is 12.6. The predicted octanol–water partition coefficient (Wildman–Crippen LogP) is 10.9. The van der Waals surface area contributed by atoms with Gasteiger partial charge in [-0.1, -0.05) is 98.0 Å². The lowest BCUT2D eigenvalue weighted by atomic mass is 9.57. The predicted molar refractivity (Wildman–Crippen MR) is 149 cm³/mol. The lowest BCUT2D eigenvalue weighted by Crippen LogP contribution is -2.39. The zero-order valence-corrected chi connectivity index (χ0v) is 23.7. The fourth-order valence-electron chi connectivity index (χ4n) is 7.44. The summed E-state index contributed by atoms with van der Waals surface area (Å²) in [5.41, 5.74) is 7.28. The molecule has 0 aromatic heterocycles. The SMILES string of the molecule is C=C(/C=C(\C)C(CC)C1(C2CCCC(CC)C2)CCCC1)/C(C)=C(\C)C(=C)C(C)C(C)CC. The fraction of sp³-hybridized carbons (Fsp3) is 0.758. The second-order valence-corrected chi connectivity index (χ2v) is 11.9. The third kappa shape index (κ3) is 6.35. The molecule has 0 bridgehead atoms. The summed E-state index contributed by atoms with van der Waals surface area (Å²) in [5.74, 6) is 3.78. The van der Waals surface area contributed by atoms with Crippen LogP contribution in [-0.2, 0) is 0 Å². The van der Waals surface area contributed by atoms with Crippen molar-refractivity contribution in [3.05, 3.63) is 47.1 Å². The van der Waals surface area contributed by atoms with Crippen molar-refractivity contribution in [3.63, 3.8) is 0 Å². The zero-order chi connectivity index (χ0) is 24.8. The van der Waals surface area contributed by atoms with E-state index in [9.17, 15) is 0 Å². The standard InChI is InChI=1S/C33H56/c1-11-23(4)26(7)28(9)29(10)27(8)24(5)21-25(6)32(13-3)33(19-14-15-20-33)31-18-16-17-30(12-2)22-31/h21,23,26,30-32H,5,9,11-20,22H2,1-4,6-8,10H3/b25-21+,29-27+. The minimum Gasteiger partial charge on any atom is -0.0953 e. The Morgan fingerprint density at radius 1 is 0.909 bits per heavy atom. The lowest BCUT2D eigenvalue weighted by molar-refractivity contribution is 0.0460. The molecule has 0 aromatic rings. The van der Waals surface area contributed by atoms with Crippen LogP contribution in [0.2, 0.25) is 0 Å². The van der Waals surface area contributed by atoms with E-state index in [1.54, 1.807) is 5.57 Å². The third-order valence-electron chi connectivity index (χ3n) is 10.3. The van der Waals surface area contributed by atoms with E-state index in [-0.39, 0.29) is 0 Å². The first-order valence-electron chi connectivity index (χ1n) is 14.4. The summed E-state index contributed by atoms with van der Waals surface area (Å²) in [6, 6.07) is 0. The van der Waals surface area contributed by atoms with E-state index in [4.69, 9.17) is 0 Å². The molecule has 33 heavy (non-hydrogen) atoms.